The van der Waals surface area contributed by atoms with Crippen LogP contribution in [0.5, 0.6) is 0 Å². The van der Waals surface area contributed by atoms with Crippen LogP contribution in [0.25, 0.3) is 15.8 Å². The highest BCUT2D eigenvalue weighted by molar-refractivity contribution is 7.20. The van der Waals surface area contributed by atoms with Crippen LogP contribution < -0.4 is 5.32 Å². The Morgan fingerprint density at radius 1 is 1.19 bits per heavy atom. The fraction of sp³-hybridized carbons (Fsp3) is 0.0952. The maximum atomic E-state index is 12.6. The molecule has 0 bridgehead atoms. The molecule has 6 heteroatoms. The Morgan fingerprint density at radius 2 is 1.96 bits per heavy atom. The van der Waals surface area contributed by atoms with Gasteiger partial charge in [0.25, 0.3) is 5.91 Å². The van der Waals surface area contributed by atoms with Gasteiger partial charge in [-0.1, -0.05) is 25.1 Å². The smallest absolute Gasteiger partial charge is 0.266 e. The minimum Gasteiger partial charge on any atom is -0.304 e. The molecule has 132 valence electrons. The van der Waals surface area contributed by atoms with E-state index >= 15 is 0 Å². The Bertz CT molecular complexity index is 1130. The van der Waals surface area contributed by atoms with Crippen LogP contribution in [0.3, 0.4) is 0 Å². The summed E-state index contributed by atoms with van der Waals surface area (Å²) in [5.41, 5.74) is 2.43. The van der Waals surface area contributed by atoms with Gasteiger partial charge in [0, 0.05) is 16.5 Å². The third-order valence-electron chi connectivity index (χ3n) is 4.28. The van der Waals surface area contributed by atoms with Crippen molar-refractivity contribution in [1.82, 2.24) is 9.78 Å². The molecule has 2 aromatic heterocycles. The number of nitrogens with one attached hydrogen (secondary N) is 1. The van der Waals surface area contributed by atoms with E-state index in [1.807, 2.05) is 55.5 Å². The number of carbonyl (C=O) groups is 1. The van der Waals surface area contributed by atoms with E-state index in [2.05, 4.69) is 16.5 Å². The molecule has 1 amide bonds. The molecule has 0 saturated heterocycles. The summed E-state index contributed by atoms with van der Waals surface area (Å²) < 4.78 is 2.88. The summed E-state index contributed by atoms with van der Waals surface area (Å²) in [4.78, 5) is 13.3. The van der Waals surface area contributed by atoms with Gasteiger partial charge in [-0.3, -0.25) is 4.79 Å². The average molecular weight is 372 g/mol. The third kappa shape index (κ3) is 3.33. The molecule has 0 aliphatic heterocycles. The maximum absolute atomic E-state index is 12.6. The van der Waals surface area contributed by atoms with E-state index in [-0.39, 0.29) is 5.91 Å². The highest BCUT2D eigenvalue weighted by Gasteiger charge is 2.14. The van der Waals surface area contributed by atoms with E-state index in [0.29, 0.717) is 16.3 Å². The van der Waals surface area contributed by atoms with Gasteiger partial charge >= 0.3 is 0 Å². The first kappa shape index (κ1) is 17.0. The number of fused-ring (bicyclic) bond motifs is 1. The first-order valence-electron chi connectivity index (χ1n) is 8.57. The molecule has 0 fully saturated rings. The van der Waals surface area contributed by atoms with E-state index < -0.39 is 0 Å². The van der Waals surface area contributed by atoms with Crippen LogP contribution in [0.1, 0.15) is 27.9 Å². The van der Waals surface area contributed by atoms with Crippen molar-refractivity contribution >= 4 is 33.1 Å². The summed E-state index contributed by atoms with van der Waals surface area (Å²) in [5, 5.41) is 17.4. The molecular weight excluding hydrogens is 356 g/mol. The number of nitrogens with zero attached hydrogens (tertiary/aromatic N) is 3. The van der Waals surface area contributed by atoms with Crippen molar-refractivity contribution < 1.29 is 4.79 Å². The Labute approximate surface area is 160 Å². The van der Waals surface area contributed by atoms with Crippen LogP contribution in [-0.2, 0) is 6.42 Å². The van der Waals surface area contributed by atoms with Crippen LogP contribution in [-0.4, -0.2) is 15.7 Å². The number of aryl methyl sites for hydroxylation is 1. The lowest BCUT2D eigenvalue weighted by Gasteiger charge is -2.05. The summed E-state index contributed by atoms with van der Waals surface area (Å²) in [7, 11) is 0. The molecule has 27 heavy (non-hydrogen) atoms. The number of thiophene rings is 1. The van der Waals surface area contributed by atoms with Gasteiger partial charge in [-0.05, 0) is 48.2 Å². The van der Waals surface area contributed by atoms with Crippen molar-refractivity contribution in [3.05, 3.63) is 76.8 Å². The normalized spacial score (nSPS) is 10.7. The molecule has 0 aliphatic carbocycles. The Balaban J connectivity index is 1.61. The highest BCUT2D eigenvalue weighted by atomic mass is 32.1. The minimum absolute atomic E-state index is 0.164. The van der Waals surface area contributed by atoms with Gasteiger partial charge in [0.2, 0.25) is 0 Å². The molecule has 0 spiro atoms. The molecule has 5 nitrogen and oxygen atoms in total. The fourth-order valence-electron chi connectivity index (χ4n) is 2.91. The van der Waals surface area contributed by atoms with Gasteiger partial charge in [0.1, 0.15) is 0 Å². The van der Waals surface area contributed by atoms with Gasteiger partial charge in [-0.2, -0.15) is 5.26 Å². The summed E-state index contributed by atoms with van der Waals surface area (Å²) >= 11 is 1.46. The lowest BCUT2D eigenvalue weighted by Crippen LogP contribution is -2.11. The molecular formula is C21H16N4OS. The first-order valence-corrected chi connectivity index (χ1v) is 9.39. The van der Waals surface area contributed by atoms with Crippen LogP contribution in [0.4, 0.5) is 5.82 Å². The van der Waals surface area contributed by atoms with E-state index in [1.165, 1.54) is 11.3 Å². The van der Waals surface area contributed by atoms with Gasteiger partial charge < -0.3 is 5.32 Å². The molecule has 4 rings (SSSR count). The summed E-state index contributed by atoms with van der Waals surface area (Å²) in [6.07, 6.45) is 0.770. The molecule has 1 N–H and O–H groups in total. The number of hydrogen-bond donors (Lipinski definition) is 1. The first-order chi connectivity index (χ1) is 13.2. The number of benzene rings is 2. The Morgan fingerprint density at radius 3 is 2.67 bits per heavy atom. The quantitative estimate of drug-likeness (QED) is 0.561. The number of aromatic nitrogens is 2. The zero-order valence-electron chi connectivity index (χ0n) is 14.6. The van der Waals surface area contributed by atoms with E-state index in [4.69, 9.17) is 5.26 Å². The summed E-state index contributed by atoms with van der Waals surface area (Å²) in [5.74, 6) is 0.349. The number of carbonyl (C=O) groups excluding carboxylic acids is 1. The average Bonchev–Trinajstić information content (AvgIpc) is 3.32. The van der Waals surface area contributed by atoms with Crippen LogP contribution in [0, 0.1) is 11.3 Å². The number of rotatable bonds is 4. The minimum atomic E-state index is -0.164. The Kier molecular flexibility index (Phi) is 4.45. The highest BCUT2D eigenvalue weighted by Crippen LogP contribution is 2.26. The summed E-state index contributed by atoms with van der Waals surface area (Å²) in [6.45, 7) is 2.04. The third-order valence-corrected chi connectivity index (χ3v) is 5.39. The van der Waals surface area contributed by atoms with Gasteiger partial charge in [0.15, 0.2) is 5.82 Å². The largest absolute Gasteiger partial charge is 0.304 e. The van der Waals surface area contributed by atoms with E-state index in [0.717, 1.165) is 27.9 Å². The molecule has 0 radical (unpaired) electrons. The number of amides is 1. The number of anilines is 1. The predicted molar refractivity (Wildman–Crippen MR) is 107 cm³/mol. The number of hydrogen-bond acceptors (Lipinski definition) is 4. The van der Waals surface area contributed by atoms with Gasteiger partial charge in [-0.25, -0.2) is 4.68 Å². The SMILES string of the molecule is CCc1cc(NC(=O)c2cc3ccccc3s2)nn1-c1ccc(C#N)cc1. The standard InChI is InChI=1S/C21H16N4OS/c1-2-16-12-20(24-25(16)17-9-7-14(13-22)8-10-17)23-21(26)19-11-15-5-3-4-6-18(15)27-19/h3-12H,2H2,1H3,(H,23,24,26). The van der Waals surface area contributed by atoms with E-state index in [9.17, 15) is 4.79 Å². The lowest BCUT2D eigenvalue weighted by molar-refractivity contribution is 0.103. The number of nitriles is 1. The van der Waals surface area contributed by atoms with Crippen molar-refractivity contribution in [3.8, 4) is 11.8 Å². The van der Waals surface area contributed by atoms with Crippen molar-refractivity contribution in [3.63, 3.8) is 0 Å². The van der Waals surface area contributed by atoms with Gasteiger partial charge in [-0.15, -0.1) is 16.4 Å². The molecule has 4 aromatic rings. The topological polar surface area (TPSA) is 70.7 Å². The second-order valence-corrected chi connectivity index (χ2v) is 7.13. The molecule has 0 unspecified atom stereocenters. The molecule has 0 atom stereocenters. The predicted octanol–water partition coefficient (Wildman–Crippen LogP) is 4.77. The molecule has 0 aliphatic rings. The second kappa shape index (κ2) is 7.06. The van der Waals surface area contributed by atoms with Crippen molar-refractivity contribution in [1.29, 1.82) is 5.26 Å². The lowest BCUT2D eigenvalue weighted by atomic mass is 10.2. The zero-order chi connectivity index (χ0) is 18.8. The van der Waals surface area contributed by atoms with E-state index in [1.54, 1.807) is 16.8 Å². The molecule has 2 aromatic carbocycles. The monoisotopic (exact) mass is 372 g/mol. The molecule has 0 saturated carbocycles. The van der Waals surface area contributed by atoms with Crippen molar-refractivity contribution in [2.75, 3.05) is 5.32 Å². The summed E-state index contributed by atoms with van der Waals surface area (Å²) in [6, 6.07) is 21.0. The second-order valence-electron chi connectivity index (χ2n) is 6.05. The van der Waals surface area contributed by atoms with Crippen molar-refractivity contribution in [2.24, 2.45) is 0 Å². The maximum Gasteiger partial charge on any atom is 0.266 e. The van der Waals surface area contributed by atoms with Crippen molar-refractivity contribution in [2.45, 2.75) is 13.3 Å². The Hall–Kier alpha value is -3.43. The zero-order valence-corrected chi connectivity index (χ0v) is 15.5. The fourth-order valence-corrected chi connectivity index (χ4v) is 3.86. The molecule has 2 heterocycles. The van der Waals surface area contributed by atoms with Crippen LogP contribution in [0.15, 0.2) is 60.7 Å². The van der Waals surface area contributed by atoms with Gasteiger partial charge in [0.05, 0.1) is 22.2 Å². The van der Waals surface area contributed by atoms with Crippen LogP contribution >= 0.6 is 11.3 Å². The van der Waals surface area contributed by atoms with Crippen LogP contribution in [0.2, 0.25) is 0 Å².